The van der Waals surface area contributed by atoms with Gasteiger partial charge in [0.05, 0.1) is 0 Å². The summed E-state index contributed by atoms with van der Waals surface area (Å²) in [6.07, 6.45) is 2.23. The molecule has 78 valence electrons. The summed E-state index contributed by atoms with van der Waals surface area (Å²) in [6, 6.07) is 8.87. The molecule has 0 amide bonds. The third-order valence-corrected chi connectivity index (χ3v) is 3.03. The molecule has 1 aromatic rings. The zero-order valence-corrected chi connectivity index (χ0v) is 9.46. The first kappa shape index (κ1) is 11.3. The number of aryl methyl sites for hydroxylation is 1. The molecule has 0 spiro atoms. The predicted molar refractivity (Wildman–Crippen MR) is 62.2 cm³/mol. The van der Waals surface area contributed by atoms with Gasteiger partial charge in [0.1, 0.15) is 0 Å². The second kappa shape index (κ2) is 5.16. The van der Waals surface area contributed by atoms with Crippen molar-refractivity contribution in [2.24, 2.45) is 11.7 Å². The minimum Gasteiger partial charge on any atom is -0.324 e. The minimum absolute atomic E-state index is 0.186. The minimum atomic E-state index is 0.186. The van der Waals surface area contributed by atoms with E-state index in [9.17, 15) is 0 Å². The second-order valence-electron chi connectivity index (χ2n) is 4.01. The molecule has 0 saturated heterocycles. The van der Waals surface area contributed by atoms with Crippen molar-refractivity contribution in [3.05, 3.63) is 35.4 Å². The second-order valence-corrected chi connectivity index (χ2v) is 4.01. The van der Waals surface area contributed by atoms with Crippen LogP contribution in [0.4, 0.5) is 0 Å². The first-order valence-corrected chi connectivity index (χ1v) is 5.53. The lowest BCUT2D eigenvalue weighted by Crippen LogP contribution is -2.18. The maximum atomic E-state index is 6.14. The van der Waals surface area contributed by atoms with Crippen LogP contribution in [-0.4, -0.2) is 0 Å². The third kappa shape index (κ3) is 2.58. The van der Waals surface area contributed by atoms with Crippen LogP contribution in [0.25, 0.3) is 0 Å². The van der Waals surface area contributed by atoms with Crippen molar-refractivity contribution in [1.82, 2.24) is 0 Å². The summed E-state index contributed by atoms with van der Waals surface area (Å²) < 4.78 is 0. The number of nitrogens with two attached hydrogens (primary N) is 1. The largest absolute Gasteiger partial charge is 0.324 e. The van der Waals surface area contributed by atoms with E-state index in [1.54, 1.807) is 0 Å². The van der Waals surface area contributed by atoms with Crippen molar-refractivity contribution in [2.45, 2.75) is 39.7 Å². The van der Waals surface area contributed by atoms with Crippen molar-refractivity contribution in [3.8, 4) is 0 Å². The molecule has 2 unspecified atom stereocenters. The molecule has 1 aromatic carbocycles. The van der Waals surface area contributed by atoms with Gasteiger partial charge in [-0.05, 0) is 23.5 Å². The van der Waals surface area contributed by atoms with Gasteiger partial charge in [-0.2, -0.15) is 0 Å². The highest BCUT2D eigenvalue weighted by molar-refractivity contribution is 5.25. The van der Waals surface area contributed by atoms with Gasteiger partial charge in [0, 0.05) is 6.04 Å². The van der Waals surface area contributed by atoms with Crippen LogP contribution < -0.4 is 5.73 Å². The van der Waals surface area contributed by atoms with Crippen LogP contribution in [0.1, 0.15) is 44.4 Å². The van der Waals surface area contributed by atoms with Crippen molar-refractivity contribution in [1.29, 1.82) is 0 Å². The van der Waals surface area contributed by atoms with E-state index in [1.807, 2.05) is 0 Å². The Bertz CT molecular complexity index is 263. The van der Waals surface area contributed by atoms with E-state index in [2.05, 4.69) is 45.0 Å². The van der Waals surface area contributed by atoms with Gasteiger partial charge in [-0.25, -0.2) is 0 Å². The fourth-order valence-electron chi connectivity index (χ4n) is 1.56. The van der Waals surface area contributed by atoms with Gasteiger partial charge in [0.15, 0.2) is 0 Å². The van der Waals surface area contributed by atoms with E-state index in [-0.39, 0.29) is 6.04 Å². The summed E-state index contributed by atoms with van der Waals surface area (Å²) in [7, 11) is 0. The Balaban J connectivity index is 2.75. The van der Waals surface area contributed by atoms with Gasteiger partial charge in [0.2, 0.25) is 0 Å². The van der Waals surface area contributed by atoms with Gasteiger partial charge in [-0.1, -0.05) is 51.5 Å². The zero-order valence-electron chi connectivity index (χ0n) is 9.46. The first-order chi connectivity index (χ1) is 6.69. The van der Waals surface area contributed by atoms with Crippen molar-refractivity contribution >= 4 is 0 Å². The molecule has 0 aromatic heterocycles. The van der Waals surface area contributed by atoms with Crippen molar-refractivity contribution in [2.75, 3.05) is 0 Å². The molecule has 1 heteroatoms. The van der Waals surface area contributed by atoms with Crippen molar-refractivity contribution < 1.29 is 0 Å². The Labute approximate surface area is 87.3 Å². The summed E-state index contributed by atoms with van der Waals surface area (Å²) in [4.78, 5) is 0. The normalized spacial score (nSPS) is 15.1. The molecule has 0 fully saturated rings. The highest BCUT2D eigenvalue weighted by Crippen LogP contribution is 2.21. The van der Waals surface area contributed by atoms with Crippen LogP contribution in [0.5, 0.6) is 0 Å². The quantitative estimate of drug-likeness (QED) is 0.776. The summed E-state index contributed by atoms with van der Waals surface area (Å²) >= 11 is 0. The SMILES string of the molecule is CCc1ccc(C(N)C(C)CC)cc1. The lowest BCUT2D eigenvalue weighted by Gasteiger charge is -2.18. The number of rotatable bonds is 4. The van der Waals surface area contributed by atoms with Gasteiger partial charge < -0.3 is 5.73 Å². The molecule has 0 aliphatic rings. The van der Waals surface area contributed by atoms with Crippen molar-refractivity contribution in [3.63, 3.8) is 0 Å². The average molecular weight is 191 g/mol. The molecule has 0 radical (unpaired) electrons. The maximum absolute atomic E-state index is 6.14. The van der Waals surface area contributed by atoms with Crippen LogP contribution in [0.2, 0.25) is 0 Å². The summed E-state index contributed by atoms with van der Waals surface area (Å²) in [6.45, 7) is 6.56. The Kier molecular flexibility index (Phi) is 4.15. The Hall–Kier alpha value is -0.820. The fourth-order valence-corrected chi connectivity index (χ4v) is 1.56. The van der Waals surface area contributed by atoms with Crippen LogP contribution in [-0.2, 0) is 6.42 Å². The summed E-state index contributed by atoms with van der Waals surface area (Å²) in [5.74, 6) is 0.558. The van der Waals surface area contributed by atoms with Crippen LogP contribution >= 0.6 is 0 Å². The molecular weight excluding hydrogens is 170 g/mol. The molecule has 0 saturated carbocycles. The number of hydrogen-bond acceptors (Lipinski definition) is 1. The fraction of sp³-hybridized carbons (Fsp3) is 0.538. The molecule has 1 rings (SSSR count). The van der Waals surface area contributed by atoms with Gasteiger partial charge in [-0.3, -0.25) is 0 Å². The molecular formula is C13H21N. The van der Waals surface area contributed by atoms with E-state index in [4.69, 9.17) is 5.73 Å². The molecule has 0 aliphatic heterocycles. The first-order valence-electron chi connectivity index (χ1n) is 5.53. The molecule has 1 nitrogen and oxygen atoms in total. The van der Waals surface area contributed by atoms with Gasteiger partial charge >= 0.3 is 0 Å². The average Bonchev–Trinajstić information content (AvgIpc) is 2.27. The Morgan fingerprint density at radius 2 is 1.71 bits per heavy atom. The van der Waals surface area contributed by atoms with Crippen LogP contribution in [0.15, 0.2) is 24.3 Å². The van der Waals surface area contributed by atoms with E-state index >= 15 is 0 Å². The highest BCUT2D eigenvalue weighted by Gasteiger charge is 2.12. The molecule has 0 aliphatic carbocycles. The molecule has 0 bridgehead atoms. The molecule has 14 heavy (non-hydrogen) atoms. The monoisotopic (exact) mass is 191 g/mol. The molecule has 2 atom stereocenters. The molecule has 0 heterocycles. The zero-order chi connectivity index (χ0) is 10.6. The van der Waals surface area contributed by atoms with Gasteiger partial charge in [-0.15, -0.1) is 0 Å². The van der Waals surface area contributed by atoms with E-state index < -0.39 is 0 Å². The van der Waals surface area contributed by atoms with Crippen LogP contribution in [0.3, 0.4) is 0 Å². The smallest absolute Gasteiger partial charge is 0.0320 e. The number of benzene rings is 1. The summed E-state index contributed by atoms with van der Waals surface area (Å²) in [5.41, 5.74) is 8.78. The standard InChI is InChI=1S/C13H21N/c1-4-10(3)13(14)12-8-6-11(5-2)7-9-12/h6-10,13H,4-5,14H2,1-3H3. The van der Waals surface area contributed by atoms with E-state index in [0.29, 0.717) is 5.92 Å². The topological polar surface area (TPSA) is 26.0 Å². The maximum Gasteiger partial charge on any atom is 0.0320 e. The lowest BCUT2D eigenvalue weighted by molar-refractivity contribution is 0.457. The Morgan fingerprint density at radius 3 is 2.14 bits per heavy atom. The molecule has 2 N–H and O–H groups in total. The van der Waals surface area contributed by atoms with Crippen LogP contribution in [0, 0.1) is 5.92 Å². The Morgan fingerprint density at radius 1 is 1.14 bits per heavy atom. The third-order valence-electron chi connectivity index (χ3n) is 3.03. The lowest BCUT2D eigenvalue weighted by atomic mass is 9.93. The number of hydrogen-bond donors (Lipinski definition) is 1. The van der Waals surface area contributed by atoms with Gasteiger partial charge in [0.25, 0.3) is 0 Å². The van der Waals surface area contributed by atoms with E-state index in [0.717, 1.165) is 12.8 Å². The predicted octanol–water partition coefficient (Wildman–Crippen LogP) is 3.29. The van der Waals surface area contributed by atoms with E-state index in [1.165, 1.54) is 11.1 Å². The highest BCUT2D eigenvalue weighted by atomic mass is 14.6. The summed E-state index contributed by atoms with van der Waals surface area (Å²) in [5, 5.41) is 0.